The third-order valence-electron chi connectivity index (χ3n) is 9.25. The fraction of sp³-hybridized carbons (Fsp3) is 0.0227. The zero-order valence-electron chi connectivity index (χ0n) is 26.8. The summed E-state index contributed by atoms with van der Waals surface area (Å²) < 4.78 is 8.40. The van der Waals surface area contributed by atoms with Gasteiger partial charge in [0.1, 0.15) is 17.0 Å². The van der Waals surface area contributed by atoms with Crippen molar-refractivity contribution < 1.29 is 4.42 Å². The molecule has 5 aromatic carbocycles. The molecule has 0 bridgehead atoms. The first kappa shape index (κ1) is 28.6. The zero-order chi connectivity index (χ0) is 32.9. The first-order valence-corrected chi connectivity index (χ1v) is 16.3. The SMILES string of the molecule is C=N/C(=C\C=C/C)c1cc(-c2ccccn2)nc(-n2c3ccc(-c4ccc5oc6ccccc6c5c4)cc3c3c4ccccc4ccc32)c1. The molecule has 0 amide bonds. The monoisotopic (exact) mass is 630 g/mol. The molecule has 0 aliphatic rings. The molecule has 4 aromatic heterocycles. The van der Waals surface area contributed by atoms with Gasteiger partial charge >= 0.3 is 0 Å². The fourth-order valence-corrected chi connectivity index (χ4v) is 6.97. The van der Waals surface area contributed by atoms with Crippen LogP contribution in [0.4, 0.5) is 0 Å². The number of rotatable bonds is 6. The molecule has 0 saturated heterocycles. The van der Waals surface area contributed by atoms with Crippen LogP contribution in [0, 0.1) is 0 Å². The van der Waals surface area contributed by atoms with Crippen LogP contribution in [0.5, 0.6) is 0 Å². The van der Waals surface area contributed by atoms with Crippen LogP contribution in [0.25, 0.3) is 88.5 Å². The van der Waals surface area contributed by atoms with Gasteiger partial charge in [0.05, 0.1) is 28.1 Å². The number of pyridine rings is 2. The lowest BCUT2D eigenvalue weighted by Gasteiger charge is -2.13. The van der Waals surface area contributed by atoms with E-state index in [0.29, 0.717) is 0 Å². The minimum absolute atomic E-state index is 0.759. The van der Waals surface area contributed by atoms with Gasteiger partial charge in [-0.15, -0.1) is 0 Å². The van der Waals surface area contributed by atoms with Crippen LogP contribution in [0.2, 0.25) is 0 Å². The molecule has 0 radical (unpaired) electrons. The predicted molar refractivity (Wildman–Crippen MR) is 204 cm³/mol. The molecule has 0 spiro atoms. The Bertz CT molecular complexity index is 2800. The van der Waals surface area contributed by atoms with Crippen LogP contribution in [0.15, 0.2) is 161 Å². The third-order valence-corrected chi connectivity index (χ3v) is 9.25. The van der Waals surface area contributed by atoms with E-state index >= 15 is 0 Å². The van der Waals surface area contributed by atoms with Crippen molar-refractivity contribution in [1.82, 2.24) is 14.5 Å². The molecule has 5 nitrogen and oxygen atoms in total. The van der Waals surface area contributed by atoms with E-state index < -0.39 is 0 Å². The summed E-state index contributed by atoms with van der Waals surface area (Å²) in [6, 6.07) is 44.4. The standard InChI is InChI=1S/C44H30N4O/c1-3-4-14-36(45-2)31-26-38(37-15-9-10-23-46-37)47-43(27-31)48-39-20-18-29(25-35(39)44-32-12-6-5-11-28(32)17-21-40(44)48)30-19-22-42-34(24-30)33-13-7-8-16-41(33)49-42/h3-27H,2H2,1H3/b4-3-,36-14-. The summed E-state index contributed by atoms with van der Waals surface area (Å²) in [6.07, 6.45) is 7.72. The average molecular weight is 631 g/mol. The number of fused-ring (bicyclic) bond motifs is 8. The smallest absolute Gasteiger partial charge is 0.139 e. The Morgan fingerprint density at radius 3 is 2.29 bits per heavy atom. The fourth-order valence-electron chi connectivity index (χ4n) is 6.97. The third kappa shape index (κ3) is 4.75. The molecule has 4 heterocycles. The lowest BCUT2D eigenvalue weighted by atomic mass is 9.99. The van der Waals surface area contributed by atoms with Crippen molar-refractivity contribution in [3.8, 4) is 28.3 Å². The summed E-state index contributed by atoms with van der Waals surface area (Å²) >= 11 is 0. The van der Waals surface area contributed by atoms with E-state index in [1.807, 2.05) is 61.5 Å². The quantitative estimate of drug-likeness (QED) is 0.136. The Kier molecular flexibility index (Phi) is 6.76. The topological polar surface area (TPSA) is 56.2 Å². The highest BCUT2D eigenvalue weighted by atomic mass is 16.3. The first-order valence-electron chi connectivity index (χ1n) is 16.3. The van der Waals surface area contributed by atoms with Crippen LogP contribution in [-0.4, -0.2) is 21.3 Å². The van der Waals surface area contributed by atoms with E-state index in [4.69, 9.17) is 9.40 Å². The van der Waals surface area contributed by atoms with E-state index in [1.54, 1.807) is 6.20 Å². The van der Waals surface area contributed by atoms with Gasteiger partial charge in [-0.3, -0.25) is 14.5 Å². The number of hydrogen-bond donors (Lipinski definition) is 0. The minimum Gasteiger partial charge on any atom is -0.456 e. The summed E-state index contributed by atoms with van der Waals surface area (Å²) in [5.41, 5.74) is 9.41. The molecule has 0 aliphatic carbocycles. The Labute approximate surface area is 282 Å². The van der Waals surface area contributed by atoms with Gasteiger partial charge in [-0.25, -0.2) is 4.98 Å². The molecule has 5 heteroatoms. The second kappa shape index (κ2) is 11.6. The second-order valence-electron chi connectivity index (χ2n) is 12.1. The highest BCUT2D eigenvalue weighted by Gasteiger charge is 2.19. The Balaban J connectivity index is 1.33. The van der Waals surface area contributed by atoms with Gasteiger partial charge in [-0.1, -0.05) is 78.9 Å². The molecule has 232 valence electrons. The van der Waals surface area contributed by atoms with Gasteiger partial charge in [-0.05, 0) is 102 Å². The normalized spacial score (nSPS) is 12.3. The van der Waals surface area contributed by atoms with Crippen molar-refractivity contribution in [2.24, 2.45) is 4.99 Å². The van der Waals surface area contributed by atoms with Crippen LogP contribution >= 0.6 is 0 Å². The second-order valence-corrected chi connectivity index (χ2v) is 12.1. The average Bonchev–Trinajstić information content (AvgIpc) is 3.70. The van der Waals surface area contributed by atoms with Crippen molar-refractivity contribution in [2.75, 3.05) is 0 Å². The van der Waals surface area contributed by atoms with Crippen LogP contribution < -0.4 is 0 Å². The Morgan fingerprint density at radius 2 is 1.45 bits per heavy atom. The molecule has 9 rings (SSSR count). The van der Waals surface area contributed by atoms with Gasteiger partial charge < -0.3 is 4.42 Å². The molecular weight excluding hydrogens is 601 g/mol. The number of benzene rings is 5. The molecule has 0 unspecified atom stereocenters. The van der Waals surface area contributed by atoms with E-state index in [-0.39, 0.29) is 0 Å². The number of allylic oxidation sites excluding steroid dienone is 3. The number of para-hydroxylation sites is 1. The largest absolute Gasteiger partial charge is 0.456 e. The summed E-state index contributed by atoms with van der Waals surface area (Å²) in [6.45, 7) is 5.88. The molecule has 0 N–H and O–H groups in total. The number of aliphatic imine (C=N–C) groups is 1. The summed E-state index contributed by atoms with van der Waals surface area (Å²) in [5.74, 6) is 0.780. The van der Waals surface area contributed by atoms with Crippen LogP contribution in [0.3, 0.4) is 0 Å². The Morgan fingerprint density at radius 1 is 0.694 bits per heavy atom. The van der Waals surface area contributed by atoms with E-state index in [9.17, 15) is 0 Å². The molecule has 0 atom stereocenters. The van der Waals surface area contributed by atoms with Gasteiger partial charge in [0.25, 0.3) is 0 Å². The van der Waals surface area contributed by atoms with E-state index in [0.717, 1.165) is 78.0 Å². The molecule has 0 saturated carbocycles. The number of nitrogens with zero attached hydrogens (tertiary/aromatic N) is 4. The molecule has 49 heavy (non-hydrogen) atoms. The van der Waals surface area contributed by atoms with Gasteiger partial charge in [-0.2, -0.15) is 0 Å². The first-order chi connectivity index (χ1) is 24.2. The van der Waals surface area contributed by atoms with Crippen molar-refractivity contribution in [3.05, 3.63) is 157 Å². The minimum atomic E-state index is 0.759. The maximum atomic E-state index is 6.14. The van der Waals surface area contributed by atoms with Crippen molar-refractivity contribution in [2.45, 2.75) is 6.92 Å². The number of aromatic nitrogens is 3. The predicted octanol–water partition coefficient (Wildman–Crippen LogP) is 11.6. The lowest BCUT2D eigenvalue weighted by molar-refractivity contribution is 0.669. The van der Waals surface area contributed by atoms with E-state index in [1.165, 1.54) is 16.2 Å². The maximum Gasteiger partial charge on any atom is 0.139 e. The molecule has 9 aromatic rings. The van der Waals surface area contributed by atoms with Crippen LogP contribution in [-0.2, 0) is 0 Å². The zero-order valence-corrected chi connectivity index (χ0v) is 26.8. The molecule has 0 aliphatic heterocycles. The summed E-state index contributed by atoms with van der Waals surface area (Å²) in [7, 11) is 0. The van der Waals surface area contributed by atoms with Gasteiger partial charge in [0.15, 0.2) is 0 Å². The highest BCUT2D eigenvalue weighted by molar-refractivity contribution is 6.22. The van der Waals surface area contributed by atoms with Gasteiger partial charge in [0, 0.05) is 33.3 Å². The van der Waals surface area contributed by atoms with Crippen molar-refractivity contribution >= 4 is 66.9 Å². The van der Waals surface area contributed by atoms with Gasteiger partial charge in [0.2, 0.25) is 0 Å². The number of hydrogen-bond acceptors (Lipinski definition) is 4. The summed E-state index contributed by atoms with van der Waals surface area (Å²) in [5, 5.41) is 6.95. The number of furan rings is 1. The lowest BCUT2D eigenvalue weighted by Crippen LogP contribution is -2.01. The Hall–Kier alpha value is -6.59. The van der Waals surface area contributed by atoms with Crippen molar-refractivity contribution in [3.63, 3.8) is 0 Å². The van der Waals surface area contributed by atoms with E-state index in [2.05, 4.69) is 112 Å². The maximum absolute atomic E-state index is 6.14. The molecular formula is C44H30N4O. The molecule has 0 fully saturated rings. The summed E-state index contributed by atoms with van der Waals surface area (Å²) in [4.78, 5) is 14.3. The van der Waals surface area contributed by atoms with Crippen molar-refractivity contribution in [1.29, 1.82) is 0 Å². The highest BCUT2D eigenvalue weighted by Crippen LogP contribution is 2.40. The van der Waals surface area contributed by atoms with Crippen LogP contribution in [0.1, 0.15) is 12.5 Å².